The number of nitrogens with zero attached hydrogens (tertiary/aromatic N) is 2. The van der Waals surface area contributed by atoms with E-state index in [9.17, 15) is 13.2 Å². The summed E-state index contributed by atoms with van der Waals surface area (Å²) in [7, 11) is 0.378. The fourth-order valence-corrected chi connectivity index (χ4v) is 3.76. The lowest BCUT2D eigenvalue weighted by atomic mass is 10.2. The summed E-state index contributed by atoms with van der Waals surface area (Å²) in [5.74, 6) is 0.622. The Morgan fingerprint density at radius 3 is 2.46 bits per heavy atom. The summed E-state index contributed by atoms with van der Waals surface area (Å²) < 4.78 is 26.9. The minimum atomic E-state index is -3.46. The van der Waals surface area contributed by atoms with Crippen molar-refractivity contribution in [3.8, 4) is 0 Å². The van der Waals surface area contributed by atoms with Gasteiger partial charge < -0.3 is 10.2 Å². The van der Waals surface area contributed by atoms with Crippen LogP contribution >= 0.6 is 0 Å². The number of hydrogen-bond donors (Lipinski definition) is 2. The van der Waals surface area contributed by atoms with Crippen LogP contribution in [0.5, 0.6) is 0 Å². The van der Waals surface area contributed by atoms with Gasteiger partial charge in [-0.15, -0.1) is 0 Å². The number of carbonyl (C=O) groups is 1. The van der Waals surface area contributed by atoms with E-state index in [0.29, 0.717) is 6.54 Å². The van der Waals surface area contributed by atoms with Gasteiger partial charge in [-0.2, -0.15) is 0 Å². The topological polar surface area (TPSA) is 91.4 Å². The molecule has 1 fully saturated rings. The second-order valence-electron chi connectivity index (χ2n) is 6.93. The van der Waals surface area contributed by atoms with Crippen molar-refractivity contribution in [2.45, 2.75) is 30.3 Å². The van der Waals surface area contributed by atoms with E-state index in [2.05, 4.69) is 15.0 Å². The average molecular weight is 401 g/mol. The first kappa shape index (κ1) is 20.0. The zero-order chi connectivity index (χ0) is 20.1. The van der Waals surface area contributed by atoms with Gasteiger partial charge in [0.05, 0.1) is 4.90 Å². The number of amides is 1. The molecule has 2 aromatic rings. The highest BCUT2D eigenvalue weighted by atomic mass is 32.2. The number of benzene rings is 1. The molecule has 0 aliphatic heterocycles. The first-order valence-corrected chi connectivity index (χ1v) is 10.5. The van der Waals surface area contributed by atoms with Crippen LogP contribution < -0.4 is 14.9 Å². The van der Waals surface area contributed by atoms with Crippen molar-refractivity contribution in [3.05, 3.63) is 59.8 Å². The first-order chi connectivity index (χ1) is 13.3. The Labute approximate surface area is 165 Å². The van der Waals surface area contributed by atoms with Crippen LogP contribution in [0.15, 0.2) is 53.6 Å². The van der Waals surface area contributed by atoms with Crippen LogP contribution in [0.3, 0.4) is 0 Å². The largest absolute Gasteiger partial charge is 0.363 e. The SMILES string of the molecule is CN(C)c1ccc(CNC(=O)/C=C/c2ccc(S(=O)(=O)NC3CC3)cc2)cn1. The summed E-state index contributed by atoms with van der Waals surface area (Å²) in [6.07, 6.45) is 6.59. The van der Waals surface area contributed by atoms with Crippen LogP contribution in [0.2, 0.25) is 0 Å². The molecule has 0 bridgehead atoms. The second kappa shape index (κ2) is 8.53. The Bertz CT molecular complexity index is 948. The molecule has 1 aliphatic rings. The smallest absolute Gasteiger partial charge is 0.244 e. The van der Waals surface area contributed by atoms with Crippen LogP contribution in [0.4, 0.5) is 5.82 Å². The molecule has 0 spiro atoms. The molecule has 1 aromatic carbocycles. The van der Waals surface area contributed by atoms with Gasteiger partial charge in [0.15, 0.2) is 0 Å². The number of hydrogen-bond acceptors (Lipinski definition) is 5. The number of sulfonamides is 1. The molecule has 1 heterocycles. The summed E-state index contributed by atoms with van der Waals surface area (Å²) >= 11 is 0. The predicted molar refractivity (Wildman–Crippen MR) is 109 cm³/mol. The Morgan fingerprint density at radius 2 is 1.89 bits per heavy atom. The lowest BCUT2D eigenvalue weighted by Crippen LogP contribution is -2.25. The van der Waals surface area contributed by atoms with E-state index in [0.717, 1.165) is 29.8 Å². The highest BCUT2D eigenvalue weighted by molar-refractivity contribution is 7.89. The summed E-state index contributed by atoms with van der Waals surface area (Å²) in [4.78, 5) is 18.4. The molecule has 1 saturated carbocycles. The van der Waals surface area contributed by atoms with Crippen LogP contribution in [0.25, 0.3) is 6.08 Å². The summed E-state index contributed by atoms with van der Waals surface area (Å²) in [5, 5.41) is 2.80. The quantitative estimate of drug-likeness (QED) is 0.661. The zero-order valence-corrected chi connectivity index (χ0v) is 16.7. The van der Waals surface area contributed by atoms with Gasteiger partial charge in [0.2, 0.25) is 15.9 Å². The molecule has 0 atom stereocenters. The third kappa shape index (κ3) is 5.64. The van der Waals surface area contributed by atoms with Gasteiger partial charge in [0, 0.05) is 39.0 Å². The Morgan fingerprint density at radius 1 is 1.18 bits per heavy atom. The number of nitrogens with one attached hydrogen (secondary N) is 2. The van der Waals surface area contributed by atoms with Crippen LogP contribution in [-0.4, -0.2) is 39.4 Å². The minimum Gasteiger partial charge on any atom is -0.363 e. The van der Waals surface area contributed by atoms with E-state index in [-0.39, 0.29) is 16.8 Å². The maximum absolute atomic E-state index is 12.1. The molecule has 2 N–H and O–H groups in total. The third-order valence-electron chi connectivity index (χ3n) is 4.25. The molecule has 28 heavy (non-hydrogen) atoms. The van der Waals surface area contributed by atoms with Crippen molar-refractivity contribution < 1.29 is 13.2 Å². The van der Waals surface area contributed by atoms with E-state index in [1.165, 1.54) is 6.08 Å². The molecule has 0 radical (unpaired) electrons. The number of rotatable bonds is 8. The van der Waals surface area contributed by atoms with E-state index >= 15 is 0 Å². The number of anilines is 1. The van der Waals surface area contributed by atoms with Gasteiger partial charge >= 0.3 is 0 Å². The number of carbonyl (C=O) groups excluding carboxylic acids is 1. The predicted octanol–water partition coefficient (Wildman–Crippen LogP) is 1.92. The van der Waals surface area contributed by atoms with Crippen LogP contribution in [0.1, 0.15) is 24.0 Å². The molecule has 0 unspecified atom stereocenters. The van der Waals surface area contributed by atoms with Crippen LogP contribution in [-0.2, 0) is 21.4 Å². The lowest BCUT2D eigenvalue weighted by Gasteiger charge is -2.11. The minimum absolute atomic E-state index is 0.0718. The Balaban J connectivity index is 1.52. The molecule has 7 nitrogen and oxygen atoms in total. The van der Waals surface area contributed by atoms with Crippen molar-refractivity contribution in [1.29, 1.82) is 0 Å². The van der Waals surface area contributed by atoms with Crippen molar-refractivity contribution in [2.24, 2.45) is 0 Å². The van der Waals surface area contributed by atoms with Gasteiger partial charge in [-0.3, -0.25) is 4.79 Å². The normalized spacial score (nSPS) is 14.2. The summed E-state index contributed by atoms with van der Waals surface area (Å²) in [6.45, 7) is 0.383. The van der Waals surface area contributed by atoms with Gasteiger partial charge in [-0.25, -0.2) is 18.1 Å². The average Bonchev–Trinajstić information content (AvgIpc) is 3.48. The Hall–Kier alpha value is -2.71. The van der Waals surface area contributed by atoms with E-state index in [4.69, 9.17) is 0 Å². The zero-order valence-electron chi connectivity index (χ0n) is 15.9. The lowest BCUT2D eigenvalue weighted by molar-refractivity contribution is -0.116. The molecule has 1 aromatic heterocycles. The van der Waals surface area contributed by atoms with E-state index < -0.39 is 10.0 Å². The van der Waals surface area contributed by atoms with E-state index in [1.807, 2.05) is 31.1 Å². The fourth-order valence-electron chi connectivity index (χ4n) is 2.45. The first-order valence-electron chi connectivity index (χ1n) is 9.04. The maximum atomic E-state index is 12.1. The summed E-state index contributed by atoms with van der Waals surface area (Å²) in [6, 6.07) is 10.3. The van der Waals surface area contributed by atoms with Gasteiger partial charge in [0.25, 0.3) is 0 Å². The fraction of sp³-hybridized carbons (Fsp3) is 0.300. The van der Waals surface area contributed by atoms with Crippen molar-refractivity contribution in [2.75, 3.05) is 19.0 Å². The Kier molecular flexibility index (Phi) is 6.11. The molecule has 1 amide bonds. The molecular weight excluding hydrogens is 376 g/mol. The van der Waals surface area contributed by atoms with Gasteiger partial charge in [-0.05, 0) is 48.2 Å². The van der Waals surface area contributed by atoms with Crippen molar-refractivity contribution in [3.63, 3.8) is 0 Å². The highest BCUT2D eigenvalue weighted by Gasteiger charge is 2.27. The molecule has 0 saturated heterocycles. The second-order valence-corrected chi connectivity index (χ2v) is 8.65. The molecule has 3 rings (SSSR count). The van der Waals surface area contributed by atoms with Gasteiger partial charge in [0.1, 0.15) is 5.82 Å². The molecule has 1 aliphatic carbocycles. The number of aromatic nitrogens is 1. The molecular formula is C20H24N4O3S. The van der Waals surface area contributed by atoms with E-state index in [1.54, 1.807) is 36.5 Å². The third-order valence-corrected chi connectivity index (χ3v) is 5.79. The molecule has 8 heteroatoms. The molecule has 148 valence electrons. The van der Waals surface area contributed by atoms with Crippen LogP contribution in [0, 0.1) is 0 Å². The monoisotopic (exact) mass is 400 g/mol. The van der Waals surface area contributed by atoms with Crippen molar-refractivity contribution in [1.82, 2.24) is 15.0 Å². The standard InChI is InChI=1S/C20H24N4O3S/c1-24(2)19-11-5-16(13-21-19)14-22-20(25)12-6-15-3-9-18(10-4-15)28(26,27)23-17-7-8-17/h3-6,9-13,17,23H,7-8,14H2,1-2H3,(H,22,25)/b12-6+. The highest BCUT2D eigenvalue weighted by Crippen LogP contribution is 2.22. The number of pyridine rings is 1. The summed E-state index contributed by atoms with van der Waals surface area (Å²) in [5.41, 5.74) is 1.66. The maximum Gasteiger partial charge on any atom is 0.244 e. The van der Waals surface area contributed by atoms with Gasteiger partial charge in [-0.1, -0.05) is 18.2 Å². The van der Waals surface area contributed by atoms with Crippen molar-refractivity contribution >= 4 is 27.8 Å².